The van der Waals surface area contributed by atoms with Crippen molar-refractivity contribution in [3.05, 3.63) is 83.1 Å². The molecule has 0 aromatic heterocycles. The topological polar surface area (TPSA) is 107 Å². The quantitative estimate of drug-likeness (QED) is 0.378. The number of nitrogen functional groups attached to an aromatic ring is 1. The van der Waals surface area contributed by atoms with Gasteiger partial charge in [-0.3, -0.25) is 14.5 Å². The lowest BCUT2D eigenvalue weighted by Crippen LogP contribution is -2.52. The molecule has 0 aliphatic carbocycles. The summed E-state index contributed by atoms with van der Waals surface area (Å²) in [5.74, 6) is -1.75. The molecule has 0 unspecified atom stereocenters. The second-order valence-corrected chi connectivity index (χ2v) is 9.40. The van der Waals surface area contributed by atoms with Gasteiger partial charge in [0.05, 0.1) is 35.1 Å². The van der Waals surface area contributed by atoms with E-state index in [4.69, 9.17) is 5.73 Å². The lowest BCUT2D eigenvalue weighted by molar-refractivity contribution is -0.138. The number of carbonyl (C=O) groups is 3. The van der Waals surface area contributed by atoms with E-state index in [1.54, 1.807) is 24.3 Å². The van der Waals surface area contributed by atoms with E-state index in [2.05, 4.69) is 6.58 Å². The molecule has 1 atom stereocenters. The van der Waals surface area contributed by atoms with Crippen molar-refractivity contribution in [3.63, 3.8) is 0 Å². The summed E-state index contributed by atoms with van der Waals surface area (Å²) in [4.78, 5) is 42.9. The van der Waals surface area contributed by atoms with Crippen molar-refractivity contribution in [2.45, 2.75) is 32.0 Å². The number of hydrogen-bond acceptors (Lipinski definition) is 4. The Morgan fingerprint density at radius 1 is 1.16 bits per heavy atom. The summed E-state index contributed by atoms with van der Waals surface area (Å²) in [5.41, 5.74) is 6.91. The molecule has 0 saturated heterocycles. The number of halogens is 3. The number of nitrogens with zero attached hydrogens (tertiary/aromatic N) is 3. The standard InChI is InChI=1S/C27H27F3N4O4/c1-16(2)5-4-12-32-14-21-23(25(32)37)24(17-8-10-19(31)11-9-17)33(15-22(35)36)26(38)34(21)20-7-3-6-18(13-20)27(28,29)30/h3,6-11,13,24H,1,4-5,12,14-15,31H2,2H3,(H,35,36)/t24-/m1/s1. The maximum absolute atomic E-state index is 13.8. The molecule has 0 bridgehead atoms. The van der Waals surface area contributed by atoms with Crippen LogP contribution in [-0.4, -0.2) is 52.4 Å². The molecule has 3 N–H and O–H groups in total. The third-order valence-corrected chi connectivity index (χ3v) is 6.48. The monoisotopic (exact) mass is 528 g/mol. The van der Waals surface area contributed by atoms with Crippen molar-refractivity contribution in [2.75, 3.05) is 30.3 Å². The molecule has 0 fully saturated rings. The van der Waals surface area contributed by atoms with Crippen LogP contribution in [0.25, 0.3) is 0 Å². The van der Waals surface area contributed by atoms with Crippen LogP contribution in [0.1, 0.15) is 36.9 Å². The Morgan fingerprint density at radius 2 is 1.84 bits per heavy atom. The minimum absolute atomic E-state index is 0.0152. The first-order chi connectivity index (χ1) is 17.9. The van der Waals surface area contributed by atoms with Crippen molar-refractivity contribution < 1.29 is 32.7 Å². The van der Waals surface area contributed by atoms with E-state index in [1.165, 1.54) is 17.0 Å². The minimum atomic E-state index is -4.67. The number of benzene rings is 2. The number of allylic oxidation sites excluding steroid dienone is 1. The van der Waals surface area contributed by atoms with Gasteiger partial charge < -0.3 is 20.6 Å². The van der Waals surface area contributed by atoms with E-state index in [-0.39, 0.29) is 23.5 Å². The Bertz CT molecular complexity index is 1320. The number of alkyl halides is 3. The van der Waals surface area contributed by atoms with E-state index in [1.807, 2.05) is 6.92 Å². The van der Waals surface area contributed by atoms with Crippen molar-refractivity contribution in [1.82, 2.24) is 9.80 Å². The van der Waals surface area contributed by atoms with Gasteiger partial charge in [0, 0.05) is 12.2 Å². The van der Waals surface area contributed by atoms with Crippen LogP contribution in [-0.2, 0) is 15.8 Å². The van der Waals surface area contributed by atoms with Crippen molar-refractivity contribution in [1.29, 1.82) is 0 Å². The fourth-order valence-electron chi connectivity index (χ4n) is 4.78. The van der Waals surface area contributed by atoms with E-state index in [9.17, 15) is 32.7 Å². The molecular formula is C27H27F3N4O4. The number of anilines is 2. The molecule has 2 aliphatic heterocycles. The van der Waals surface area contributed by atoms with Crippen LogP contribution in [0.2, 0.25) is 0 Å². The zero-order chi connectivity index (χ0) is 27.8. The molecule has 2 aromatic rings. The molecule has 2 aromatic carbocycles. The third kappa shape index (κ3) is 5.22. The summed E-state index contributed by atoms with van der Waals surface area (Å²) in [5, 5.41) is 9.63. The number of rotatable bonds is 8. The summed E-state index contributed by atoms with van der Waals surface area (Å²) in [7, 11) is 0. The van der Waals surface area contributed by atoms with Crippen molar-refractivity contribution in [3.8, 4) is 0 Å². The highest BCUT2D eigenvalue weighted by atomic mass is 19.4. The van der Waals surface area contributed by atoms with Crippen LogP contribution < -0.4 is 10.6 Å². The average Bonchev–Trinajstić information content (AvgIpc) is 3.15. The van der Waals surface area contributed by atoms with Gasteiger partial charge in [-0.05, 0) is 55.7 Å². The number of hydrogen-bond donors (Lipinski definition) is 2. The molecule has 2 heterocycles. The average molecular weight is 529 g/mol. The predicted molar refractivity (Wildman–Crippen MR) is 135 cm³/mol. The first-order valence-electron chi connectivity index (χ1n) is 11.9. The van der Waals surface area contributed by atoms with E-state index < -0.39 is 42.2 Å². The molecule has 0 saturated carbocycles. The molecule has 3 amide bonds. The molecular weight excluding hydrogens is 501 g/mol. The smallest absolute Gasteiger partial charge is 0.416 e. The first kappa shape index (κ1) is 26.8. The third-order valence-electron chi connectivity index (χ3n) is 6.48. The highest BCUT2D eigenvalue weighted by molar-refractivity contribution is 6.08. The number of nitrogens with two attached hydrogens (primary N) is 1. The Labute approximate surface area is 217 Å². The summed E-state index contributed by atoms with van der Waals surface area (Å²) < 4.78 is 40.5. The van der Waals surface area contributed by atoms with Crippen LogP contribution in [0.15, 0.2) is 72.0 Å². The number of carboxylic acids is 1. The van der Waals surface area contributed by atoms with Gasteiger partial charge in [0.1, 0.15) is 6.54 Å². The highest BCUT2D eigenvalue weighted by Gasteiger charge is 2.49. The van der Waals surface area contributed by atoms with Gasteiger partial charge in [0.25, 0.3) is 5.91 Å². The number of carboxylic acid groups (broad SMARTS) is 1. The van der Waals surface area contributed by atoms with Crippen LogP contribution in [0.5, 0.6) is 0 Å². The van der Waals surface area contributed by atoms with E-state index in [0.717, 1.165) is 27.5 Å². The number of amides is 3. The molecule has 38 heavy (non-hydrogen) atoms. The summed E-state index contributed by atoms with van der Waals surface area (Å²) in [6, 6.07) is 8.63. The Kier molecular flexibility index (Phi) is 7.21. The maximum atomic E-state index is 13.8. The lowest BCUT2D eigenvalue weighted by atomic mass is 9.93. The van der Waals surface area contributed by atoms with Gasteiger partial charge >= 0.3 is 18.2 Å². The second-order valence-electron chi connectivity index (χ2n) is 9.40. The fourth-order valence-corrected chi connectivity index (χ4v) is 4.78. The Morgan fingerprint density at radius 3 is 2.45 bits per heavy atom. The maximum Gasteiger partial charge on any atom is 0.416 e. The van der Waals surface area contributed by atoms with E-state index in [0.29, 0.717) is 30.6 Å². The van der Waals surface area contributed by atoms with Crippen LogP contribution in [0, 0.1) is 0 Å². The van der Waals surface area contributed by atoms with Gasteiger partial charge in [-0.25, -0.2) is 4.79 Å². The molecule has 2 aliphatic rings. The normalized spacial score (nSPS) is 17.8. The van der Waals surface area contributed by atoms with Crippen LogP contribution >= 0.6 is 0 Å². The zero-order valence-corrected chi connectivity index (χ0v) is 20.7. The number of carbonyl (C=O) groups excluding carboxylic acids is 2. The molecule has 8 nitrogen and oxygen atoms in total. The Hall–Kier alpha value is -4.28. The largest absolute Gasteiger partial charge is 0.480 e. The molecule has 11 heteroatoms. The van der Waals surface area contributed by atoms with Gasteiger partial charge in [0.2, 0.25) is 0 Å². The number of urea groups is 1. The summed E-state index contributed by atoms with van der Waals surface area (Å²) in [6.07, 6.45) is -3.40. The SMILES string of the molecule is C=C(C)CCCN1CC2=C(C1=O)[C@@H](c1ccc(N)cc1)N(CC(=O)O)C(=O)N2c1cccc(C(F)(F)F)c1. The van der Waals surface area contributed by atoms with Crippen molar-refractivity contribution in [2.24, 2.45) is 0 Å². The summed E-state index contributed by atoms with van der Waals surface area (Å²) in [6.45, 7) is 5.27. The number of aliphatic carboxylic acids is 1. The van der Waals surface area contributed by atoms with Crippen LogP contribution in [0.3, 0.4) is 0 Å². The van der Waals surface area contributed by atoms with Crippen molar-refractivity contribution >= 4 is 29.3 Å². The van der Waals surface area contributed by atoms with Gasteiger partial charge in [-0.15, -0.1) is 6.58 Å². The first-order valence-corrected chi connectivity index (χ1v) is 11.9. The molecule has 4 rings (SSSR count). The summed E-state index contributed by atoms with van der Waals surface area (Å²) >= 11 is 0. The van der Waals surface area contributed by atoms with Gasteiger partial charge in [-0.1, -0.05) is 23.8 Å². The molecule has 0 spiro atoms. The molecule has 0 radical (unpaired) electrons. The Balaban J connectivity index is 1.88. The van der Waals surface area contributed by atoms with Gasteiger partial charge in [-0.2, -0.15) is 13.2 Å². The highest BCUT2D eigenvalue weighted by Crippen LogP contribution is 2.44. The minimum Gasteiger partial charge on any atom is -0.480 e. The second kappa shape index (κ2) is 10.2. The predicted octanol–water partition coefficient (Wildman–Crippen LogP) is 4.81. The molecule has 200 valence electrons. The van der Waals surface area contributed by atoms with Gasteiger partial charge in [0.15, 0.2) is 0 Å². The zero-order valence-electron chi connectivity index (χ0n) is 20.7. The van der Waals surface area contributed by atoms with Crippen LogP contribution in [0.4, 0.5) is 29.3 Å². The fraction of sp³-hybridized carbons (Fsp3) is 0.296. The van der Waals surface area contributed by atoms with E-state index >= 15 is 0 Å². The lowest BCUT2D eigenvalue weighted by Gasteiger charge is -2.41.